The first-order valence-corrected chi connectivity index (χ1v) is 11.1. The van der Waals surface area contributed by atoms with Crippen LogP contribution in [-0.2, 0) is 29.9 Å². The number of hydrogen-bond acceptors (Lipinski definition) is 2. The minimum Gasteiger partial charge on any atom is -0.465 e. The average molecular weight is 556 g/mol. The Kier molecular flexibility index (Phi) is 7.68. The standard InChI is InChI=1S/C24H21F9N2O3/c1-3-17-10-20(18-9-14(22(25,26)27)4-5-19(18)35(17)21(37)38)34(12(2)36)11-13-6-15(23(28,29)30)8-16(7-13)24(31,32)33/h4-9,17,20H,3,10-11H2,1-2H3,(H,37,38). The molecule has 5 nitrogen and oxygen atoms in total. The van der Waals surface area contributed by atoms with Gasteiger partial charge in [-0.15, -0.1) is 0 Å². The van der Waals surface area contributed by atoms with Gasteiger partial charge in [0.15, 0.2) is 0 Å². The third-order valence-electron chi connectivity index (χ3n) is 6.29. The van der Waals surface area contributed by atoms with E-state index in [9.17, 15) is 54.2 Å². The van der Waals surface area contributed by atoms with Crippen molar-refractivity contribution in [3.05, 3.63) is 64.2 Å². The highest BCUT2D eigenvalue weighted by molar-refractivity contribution is 5.89. The van der Waals surface area contributed by atoms with Gasteiger partial charge in [-0.2, -0.15) is 39.5 Å². The smallest absolute Gasteiger partial charge is 0.416 e. The first-order valence-electron chi connectivity index (χ1n) is 11.1. The Labute approximate surface area is 210 Å². The zero-order valence-corrected chi connectivity index (χ0v) is 19.8. The summed E-state index contributed by atoms with van der Waals surface area (Å²) in [7, 11) is 0. The molecule has 0 aromatic heterocycles. The number of amides is 2. The van der Waals surface area contributed by atoms with Crippen molar-refractivity contribution in [2.45, 2.75) is 63.8 Å². The number of fused-ring (bicyclic) bond motifs is 1. The molecule has 0 aliphatic carbocycles. The minimum atomic E-state index is -5.15. The molecule has 0 spiro atoms. The third kappa shape index (κ3) is 5.99. The normalized spacial score (nSPS) is 18.2. The number of benzene rings is 2. The first kappa shape index (κ1) is 29.1. The van der Waals surface area contributed by atoms with Gasteiger partial charge in [-0.3, -0.25) is 9.69 Å². The van der Waals surface area contributed by atoms with Crippen LogP contribution in [0.25, 0.3) is 0 Å². The second-order valence-corrected chi connectivity index (χ2v) is 8.80. The molecule has 3 rings (SSSR count). The van der Waals surface area contributed by atoms with E-state index in [-0.39, 0.29) is 30.2 Å². The SMILES string of the molecule is CCC1CC(N(Cc2cc(C(F)(F)F)cc(C(F)(F)F)c2)C(C)=O)c2cc(C(F)(F)F)ccc2N1C(=O)O. The molecule has 1 aliphatic rings. The molecule has 0 saturated heterocycles. The highest BCUT2D eigenvalue weighted by Gasteiger charge is 2.42. The predicted octanol–water partition coefficient (Wildman–Crippen LogP) is 7.50. The van der Waals surface area contributed by atoms with Crippen LogP contribution in [-0.4, -0.2) is 28.0 Å². The molecular formula is C24H21F9N2O3. The summed E-state index contributed by atoms with van der Waals surface area (Å²) >= 11 is 0. The molecule has 1 aliphatic heterocycles. The average Bonchev–Trinajstić information content (AvgIpc) is 2.78. The van der Waals surface area contributed by atoms with Crippen molar-refractivity contribution < 1.29 is 54.2 Å². The van der Waals surface area contributed by atoms with Gasteiger partial charge in [0.1, 0.15) is 0 Å². The van der Waals surface area contributed by atoms with Gasteiger partial charge in [0.2, 0.25) is 5.91 Å². The molecular weight excluding hydrogens is 535 g/mol. The fourth-order valence-corrected chi connectivity index (χ4v) is 4.56. The summed E-state index contributed by atoms with van der Waals surface area (Å²) in [5, 5.41) is 9.71. The summed E-state index contributed by atoms with van der Waals surface area (Å²) in [5.41, 5.74) is -5.35. The summed E-state index contributed by atoms with van der Waals surface area (Å²) in [6.07, 6.45) is -16.7. The molecule has 14 heteroatoms. The number of rotatable bonds is 4. The number of alkyl halides is 9. The van der Waals surface area contributed by atoms with Crippen molar-refractivity contribution in [1.29, 1.82) is 0 Å². The van der Waals surface area contributed by atoms with Gasteiger partial charge < -0.3 is 10.0 Å². The highest BCUT2D eigenvalue weighted by Crippen LogP contribution is 2.45. The maximum Gasteiger partial charge on any atom is 0.416 e. The van der Waals surface area contributed by atoms with Crippen LogP contribution in [0.15, 0.2) is 36.4 Å². The van der Waals surface area contributed by atoms with Crippen LogP contribution in [0.3, 0.4) is 0 Å². The Morgan fingerprint density at radius 2 is 1.42 bits per heavy atom. The topological polar surface area (TPSA) is 60.9 Å². The van der Waals surface area contributed by atoms with E-state index >= 15 is 0 Å². The van der Waals surface area contributed by atoms with E-state index in [2.05, 4.69) is 0 Å². The van der Waals surface area contributed by atoms with Crippen LogP contribution < -0.4 is 4.90 Å². The van der Waals surface area contributed by atoms with Gasteiger partial charge in [0.05, 0.1) is 28.4 Å². The second kappa shape index (κ2) is 10.0. The van der Waals surface area contributed by atoms with Gasteiger partial charge in [0, 0.05) is 19.5 Å². The van der Waals surface area contributed by atoms with Gasteiger partial charge in [0.25, 0.3) is 0 Å². The minimum absolute atomic E-state index is 0.0784. The molecule has 1 N–H and O–H groups in total. The number of carboxylic acid groups (broad SMARTS) is 1. The van der Waals surface area contributed by atoms with Crippen molar-refractivity contribution in [3.8, 4) is 0 Å². The van der Waals surface area contributed by atoms with Crippen molar-refractivity contribution in [2.75, 3.05) is 4.90 Å². The fourth-order valence-electron chi connectivity index (χ4n) is 4.56. The van der Waals surface area contributed by atoms with E-state index in [4.69, 9.17) is 0 Å². The molecule has 208 valence electrons. The van der Waals surface area contributed by atoms with Crippen LogP contribution in [0.4, 0.5) is 50.0 Å². The molecule has 1 heterocycles. The lowest BCUT2D eigenvalue weighted by molar-refractivity contribution is -0.143. The summed E-state index contributed by atoms with van der Waals surface area (Å²) in [6, 6.07) is 0.903. The van der Waals surface area contributed by atoms with Gasteiger partial charge in [-0.25, -0.2) is 4.79 Å². The Bertz CT molecular complexity index is 1190. The van der Waals surface area contributed by atoms with Crippen LogP contribution in [0, 0.1) is 0 Å². The number of halogens is 9. The zero-order chi connectivity index (χ0) is 28.8. The summed E-state index contributed by atoms with van der Waals surface area (Å²) in [5.74, 6) is -0.844. The number of carbonyl (C=O) groups is 2. The third-order valence-corrected chi connectivity index (χ3v) is 6.29. The summed E-state index contributed by atoms with van der Waals surface area (Å²) in [4.78, 5) is 26.3. The van der Waals surface area contributed by atoms with Crippen molar-refractivity contribution in [3.63, 3.8) is 0 Å². The van der Waals surface area contributed by atoms with Gasteiger partial charge >= 0.3 is 24.6 Å². The largest absolute Gasteiger partial charge is 0.465 e. The number of nitrogens with zero attached hydrogens (tertiary/aromatic N) is 2. The second-order valence-electron chi connectivity index (χ2n) is 8.80. The Hall–Kier alpha value is -3.45. The first-order chi connectivity index (χ1) is 17.3. The molecule has 0 radical (unpaired) electrons. The van der Waals surface area contributed by atoms with Crippen LogP contribution in [0.1, 0.15) is 60.5 Å². The number of anilines is 1. The lowest BCUT2D eigenvalue weighted by Crippen LogP contribution is -2.47. The van der Waals surface area contributed by atoms with Crippen LogP contribution in [0.5, 0.6) is 0 Å². The van der Waals surface area contributed by atoms with Crippen molar-refractivity contribution in [1.82, 2.24) is 4.90 Å². The van der Waals surface area contributed by atoms with E-state index in [1.807, 2.05) is 0 Å². The highest BCUT2D eigenvalue weighted by atomic mass is 19.4. The molecule has 0 bridgehead atoms. The maximum absolute atomic E-state index is 13.5. The Morgan fingerprint density at radius 1 is 0.895 bits per heavy atom. The predicted molar refractivity (Wildman–Crippen MR) is 116 cm³/mol. The lowest BCUT2D eigenvalue weighted by Gasteiger charge is -2.43. The van der Waals surface area contributed by atoms with Crippen molar-refractivity contribution in [2.24, 2.45) is 0 Å². The lowest BCUT2D eigenvalue weighted by atomic mass is 9.87. The summed E-state index contributed by atoms with van der Waals surface area (Å²) in [6.45, 7) is 1.76. The molecule has 38 heavy (non-hydrogen) atoms. The Balaban J connectivity index is 2.19. The fraction of sp³-hybridized carbons (Fsp3) is 0.417. The zero-order valence-electron chi connectivity index (χ0n) is 19.8. The van der Waals surface area contributed by atoms with Crippen LogP contribution >= 0.6 is 0 Å². The molecule has 2 amide bonds. The number of hydrogen-bond donors (Lipinski definition) is 1. The molecule has 2 atom stereocenters. The van der Waals surface area contributed by atoms with Gasteiger partial charge in [-0.05, 0) is 60.4 Å². The van der Waals surface area contributed by atoms with E-state index in [0.717, 1.165) is 22.8 Å². The van der Waals surface area contributed by atoms with E-state index in [1.54, 1.807) is 6.92 Å². The van der Waals surface area contributed by atoms with Crippen LogP contribution in [0.2, 0.25) is 0 Å². The molecule has 0 saturated carbocycles. The van der Waals surface area contributed by atoms with Crippen molar-refractivity contribution >= 4 is 17.7 Å². The van der Waals surface area contributed by atoms with Gasteiger partial charge in [-0.1, -0.05) is 6.92 Å². The quantitative estimate of drug-likeness (QED) is 0.397. The van der Waals surface area contributed by atoms with E-state index in [1.165, 1.54) is 0 Å². The molecule has 2 aromatic carbocycles. The van der Waals surface area contributed by atoms with E-state index < -0.39 is 71.4 Å². The molecule has 2 aromatic rings. The van der Waals surface area contributed by atoms with E-state index in [0.29, 0.717) is 24.3 Å². The maximum atomic E-state index is 13.5. The Morgan fingerprint density at radius 3 is 1.84 bits per heavy atom. The molecule has 0 fully saturated rings. The molecule has 2 unspecified atom stereocenters. The monoisotopic (exact) mass is 556 g/mol. The summed E-state index contributed by atoms with van der Waals surface area (Å²) < 4.78 is 120. The number of carbonyl (C=O) groups excluding carboxylic acids is 1.